The van der Waals surface area contributed by atoms with Crippen LogP contribution in [0.5, 0.6) is 0 Å². The van der Waals surface area contributed by atoms with Crippen molar-refractivity contribution >= 4 is 28.6 Å². The highest BCUT2D eigenvalue weighted by Crippen LogP contribution is 2.08. The van der Waals surface area contributed by atoms with Crippen LogP contribution in [0.2, 0.25) is 0 Å². The van der Waals surface area contributed by atoms with Gasteiger partial charge < -0.3 is 10.6 Å². The lowest BCUT2D eigenvalue weighted by Gasteiger charge is -2.10. The summed E-state index contributed by atoms with van der Waals surface area (Å²) in [5.74, 6) is 0.840. The summed E-state index contributed by atoms with van der Waals surface area (Å²) in [7, 11) is 1.79. The number of rotatable bonds is 4. The molecule has 0 aromatic carbocycles. The van der Waals surface area contributed by atoms with E-state index in [-0.39, 0.29) is 0 Å². The molecule has 0 atom stereocenters. The van der Waals surface area contributed by atoms with Gasteiger partial charge in [0.15, 0.2) is 5.96 Å². The molecule has 0 aliphatic heterocycles. The number of aliphatic imine (C=N–C) groups is 1. The molecule has 17 heavy (non-hydrogen) atoms. The monoisotopic (exact) mass is 265 g/mol. The number of hydrogen-bond acceptors (Lipinski definition) is 3. The summed E-state index contributed by atoms with van der Waals surface area (Å²) < 4.78 is 0. The maximum Gasteiger partial charge on any atom is 0.191 e. The minimum absolute atomic E-state index is 0.821. The first-order chi connectivity index (χ1) is 8.38. The Morgan fingerprint density at radius 1 is 1.06 bits per heavy atom. The molecule has 0 bridgehead atoms. The summed E-state index contributed by atoms with van der Waals surface area (Å²) >= 11 is 3.50. The van der Waals surface area contributed by atoms with Gasteiger partial charge in [-0.2, -0.15) is 0 Å². The van der Waals surface area contributed by atoms with Gasteiger partial charge in [-0.1, -0.05) is 12.1 Å². The van der Waals surface area contributed by atoms with Crippen LogP contribution in [0.15, 0.2) is 40.0 Å². The van der Waals surface area contributed by atoms with E-state index in [1.165, 1.54) is 9.75 Å². The SMILES string of the molecule is CN=C(NCc1cccs1)NCc1cccs1. The summed E-state index contributed by atoms with van der Waals surface area (Å²) in [5, 5.41) is 10.7. The van der Waals surface area contributed by atoms with Crippen LogP contribution in [0.25, 0.3) is 0 Å². The Kier molecular flexibility index (Phi) is 4.58. The van der Waals surface area contributed by atoms with E-state index >= 15 is 0 Å². The van der Waals surface area contributed by atoms with Crippen molar-refractivity contribution in [3.8, 4) is 0 Å². The first kappa shape index (κ1) is 12.1. The Labute approximate surface area is 109 Å². The second kappa shape index (κ2) is 6.42. The third-order valence-electron chi connectivity index (χ3n) is 2.24. The minimum atomic E-state index is 0.821. The van der Waals surface area contributed by atoms with E-state index in [0.29, 0.717) is 0 Å². The van der Waals surface area contributed by atoms with Gasteiger partial charge in [0.1, 0.15) is 0 Å². The molecular weight excluding hydrogens is 250 g/mol. The van der Waals surface area contributed by atoms with Crippen LogP contribution in [0.3, 0.4) is 0 Å². The fraction of sp³-hybridized carbons (Fsp3) is 0.250. The fourth-order valence-electron chi connectivity index (χ4n) is 1.39. The van der Waals surface area contributed by atoms with Gasteiger partial charge in [-0.3, -0.25) is 4.99 Å². The van der Waals surface area contributed by atoms with Crippen molar-refractivity contribution in [2.75, 3.05) is 7.05 Å². The second-order valence-electron chi connectivity index (χ2n) is 3.44. The van der Waals surface area contributed by atoms with Crippen molar-refractivity contribution in [1.29, 1.82) is 0 Å². The Bertz CT molecular complexity index is 406. The summed E-state index contributed by atoms with van der Waals surface area (Å²) in [6.07, 6.45) is 0. The quantitative estimate of drug-likeness (QED) is 0.658. The fourth-order valence-corrected chi connectivity index (χ4v) is 2.68. The Morgan fingerprint density at radius 3 is 1.94 bits per heavy atom. The molecule has 2 aromatic rings. The highest BCUT2D eigenvalue weighted by Gasteiger charge is 1.99. The topological polar surface area (TPSA) is 36.4 Å². The van der Waals surface area contributed by atoms with E-state index in [4.69, 9.17) is 0 Å². The number of guanidine groups is 1. The van der Waals surface area contributed by atoms with Crippen LogP contribution < -0.4 is 10.6 Å². The van der Waals surface area contributed by atoms with Crippen molar-refractivity contribution in [3.05, 3.63) is 44.8 Å². The largest absolute Gasteiger partial charge is 0.352 e. The zero-order chi connectivity index (χ0) is 11.9. The zero-order valence-electron chi connectivity index (χ0n) is 9.64. The van der Waals surface area contributed by atoms with Gasteiger partial charge in [0.2, 0.25) is 0 Å². The molecule has 0 aliphatic carbocycles. The summed E-state index contributed by atoms with van der Waals surface area (Å²) in [5.41, 5.74) is 0. The molecule has 0 saturated heterocycles. The van der Waals surface area contributed by atoms with Crippen LogP contribution in [-0.4, -0.2) is 13.0 Å². The smallest absolute Gasteiger partial charge is 0.191 e. The Morgan fingerprint density at radius 2 is 1.59 bits per heavy atom. The van der Waals surface area contributed by atoms with Crippen LogP contribution in [0.4, 0.5) is 0 Å². The van der Waals surface area contributed by atoms with Crippen molar-refractivity contribution < 1.29 is 0 Å². The van der Waals surface area contributed by atoms with Crippen LogP contribution in [0.1, 0.15) is 9.75 Å². The Balaban J connectivity index is 1.77. The summed E-state index contributed by atoms with van der Waals surface area (Å²) in [6, 6.07) is 8.35. The minimum Gasteiger partial charge on any atom is -0.352 e. The van der Waals surface area contributed by atoms with E-state index in [9.17, 15) is 0 Å². The van der Waals surface area contributed by atoms with Crippen molar-refractivity contribution in [1.82, 2.24) is 10.6 Å². The molecule has 0 radical (unpaired) electrons. The summed E-state index contributed by atoms with van der Waals surface area (Å²) in [6.45, 7) is 1.64. The standard InChI is InChI=1S/C12H15N3S2/c1-13-12(14-8-10-4-2-6-16-10)15-9-11-5-3-7-17-11/h2-7H,8-9H2,1H3,(H2,13,14,15). The van der Waals surface area contributed by atoms with Crippen LogP contribution in [0, 0.1) is 0 Å². The first-order valence-corrected chi connectivity index (χ1v) is 7.13. The molecule has 2 rings (SSSR count). The van der Waals surface area contributed by atoms with Gasteiger partial charge in [0.05, 0.1) is 13.1 Å². The van der Waals surface area contributed by atoms with Gasteiger partial charge in [0, 0.05) is 16.8 Å². The molecule has 2 heterocycles. The molecule has 0 spiro atoms. The maximum atomic E-state index is 4.19. The maximum absolute atomic E-state index is 4.19. The third kappa shape index (κ3) is 3.87. The number of thiophene rings is 2. The van der Waals surface area contributed by atoms with E-state index in [0.717, 1.165) is 19.0 Å². The highest BCUT2D eigenvalue weighted by atomic mass is 32.1. The zero-order valence-corrected chi connectivity index (χ0v) is 11.3. The molecule has 3 nitrogen and oxygen atoms in total. The molecule has 0 aliphatic rings. The van der Waals surface area contributed by atoms with Gasteiger partial charge in [-0.15, -0.1) is 22.7 Å². The average Bonchev–Trinajstić information content (AvgIpc) is 3.02. The Hall–Kier alpha value is -1.33. The molecule has 0 amide bonds. The first-order valence-electron chi connectivity index (χ1n) is 5.38. The molecule has 5 heteroatoms. The second-order valence-corrected chi connectivity index (χ2v) is 5.50. The van der Waals surface area contributed by atoms with Gasteiger partial charge in [-0.25, -0.2) is 0 Å². The lowest BCUT2D eigenvalue weighted by molar-refractivity contribution is 0.823. The van der Waals surface area contributed by atoms with E-state index in [2.05, 4.69) is 50.7 Å². The highest BCUT2D eigenvalue weighted by molar-refractivity contribution is 7.10. The van der Waals surface area contributed by atoms with Crippen molar-refractivity contribution in [2.45, 2.75) is 13.1 Å². The van der Waals surface area contributed by atoms with Gasteiger partial charge >= 0.3 is 0 Å². The molecule has 2 N–H and O–H groups in total. The van der Waals surface area contributed by atoms with E-state index < -0.39 is 0 Å². The average molecular weight is 265 g/mol. The van der Waals surface area contributed by atoms with Gasteiger partial charge in [0.25, 0.3) is 0 Å². The van der Waals surface area contributed by atoms with E-state index in [1.807, 2.05) is 0 Å². The normalized spacial score (nSPS) is 9.94. The molecular formula is C12H15N3S2. The lowest BCUT2D eigenvalue weighted by Crippen LogP contribution is -2.35. The predicted molar refractivity (Wildman–Crippen MR) is 75.7 cm³/mol. The van der Waals surface area contributed by atoms with Crippen LogP contribution >= 0.6 is 22.7 Å². The van der Waals surface area contributed by atoms with Crippen molar-refractivity contribution in [3.63, 3.8) is 0 Å². The predicted octanol–water partition coefficient (Wildman–Crippen LogP) is 2.67. The number of hydrogen-bond donors (Lipinski definition) is 2. The molecule has 2 aromatic heterocycles. The molecule has 90 valence electrons. The third-order valence-corrected chi connectivity index (χ3v) is 4.00. The molecule has 0 fully saturated rings. The number of nitrogens with one attached hydrogen (secondary N) is 2. The molecule has 0 saturated carbocycles. The van der Waals surface area contributed by atoms with E-state index in [1.54, 1.807) is 29.7 Å². The summed E-state index contributed by atoms with van der Waals surface area (Å²) in [4.78, 5) is 6.81. The lowest BCUT2D eigenvalue weighted by atomic mass is 10.4. The van der Waals surface area contributed by atoms with Crippen molar-refractivity contribution in [2.24, 2.45) is 4.99 Å². The molecule has 0 unspecified atom stereocenters. The van der Waals surface area contributed by atoms with Gasteiger partial charge in [-0.05, 0) is 22.9 Å². The van der Waals surface area contributed by atoms with Crippen LogP contribution in [-0.2, 0) is 13.1 Å². The number of nitrogens with zero attached hydrogens (tertiary/aromatic N) is 1.